The lowest BCUT2D eigenvalue weighted by molar-refractivity contribution is -0.122. The van der Waals surface area contributed by atoms with Crippen LogP contribution in [-0.4, -0.2) is 18.0 Å². The molecule has 1 aliphatic heterocycles. The van der Waals surface area contributed by atoms with E-state index in [0.717, 1.165) is 0 Å². The SMILES string of the molecule is CC1Oc2ccc(NC(=O)Nc3ccc(Cl)cc3)cc2NC1=O. The van der Waals surface area contributed by atoms with E-state index in [4.69, 9.17) is 16.3 Å². The van der Waals surface area contributed by atoms with Gasteiger partial charge in [0, 0.05) is 16.4 Å². The zero-order chi connectivity index (χ0) is 16.4. The third-order valence-electron chi connectivity index (χ3n) is 3.27. The van der Waals surface area contributed by atoms with Crippen LogP contribution in [0.2, 0.25) is 5.02 Å². The van der Waals surface area contributed by atoms with Crippen molar-refractivity contribution in [2.45, 2.75) is 13.0 Å². The van der Waals surface area contributed by atoms with E-state index in [9.17, 15) is 9.59 Å². The van der Waals surface area contributed by atoms with Gasteiger partial charge in [-0.3, -0.25) is 4.79 Å². The highest BCUT2D eigenvalue weighted by Gasteiger charge is 2.23. The second kappa shape index (κ2) is 6.18. The topological polar surface area (TPSA) is 79.5 Å². The molecule has 1 atom stereocenters. The summed E-state index contributed by atoms with van der Waals surface area (Å²) in [6.45, 7) is 1.67. The zero-order valence-electron chi connectivity index (χ0n) is 12.2. The summed E-state index contributed by atoms with van der Waals surface area (Å²) in [7, 11) is 0. The Balaban J connectivity index is 1.68. The molecule has 3 rings (SSSR count). The first-order valence-electron chi connectivity index (χ1n) is 6.96. The molecule has 0 aliphatic carbocycles. The van der Waals surface area contributed by atoms with Gasteiger partial charge in [0.15, 0.2) is 6.10 Å². The van der Waals surface area contributed by atoms with E-state index in [2.05, 4.69) is 16.0 Å². The molecule has 3 amide bonds. The largest absolute Gasteiger partial charge is 0.479 e. The summed E-state index contributed by atoms with van der Waals surface area (Å²) in [6.07, 6.45) is -0.533. The first kappa shape index (κ1) is 15.2. The van der Waals surface area contributed by atoms with Crippen molar-refractivity contribution < 1.29 is 14.3 Å². The average Bonchev–Trinajstić information content (AvgIpc) is 2.51. The maximum absolute atomic E-state index is 12.0. The van der Waals surface area contributed by atoms with Gasteiger partial charge in [-0.25, -0.2) is 4.79 Å². The van der Waals surface area contributed by atoms with Crippen molar-refractivity contribution in [2.75, 3.05) is 16.0 Å². The van der Waals surface area contributed by atoms with Crippen LogP contribution in [0.3, 0.4) is 0 Å². The second-order valence-electron chi connectivity index (χ2n) is 5.05. The van der Waals surface area contributed by atoms with Gasteiger partial charge in [0.1, 0.15) is 5.75 Å². The van der Waals surface area contributed by atoms with Gasteiger partial charge in [-0.2, -0.15) is 0 Å². The number of halogens is 1. The lowest BCUT2D eigenvalue weighted by atomic mass is 10.2. The Kier molecular flexibility index (Phi) is 4.08. The number of hydrogen-bond acceptors (Lipinski definition) is 3. The van der Waals surface area contributed by atoms with Crippen LogP contribution in [0.15, 0.2) is 42.5 Å². The summed E-state index contributed by atoms with van der Waals surface area (Å²) in [4.78, 5) is 23.6. The van der Waals surface area contributed by atoms with Crippen LogP contribution in [0.5, 0.6) is 5.75 Å². The van der Waals surface area contributed by atoms with Crippen LogP contribution in [0.4, 0.5) is 21.9 Å². The Morgan fingerprint density at radius 3 is 2.52 bits per heavy atom. The Bertz CT molecular complexity index is 762. The molecular weight excluding hydrogens is 318 g/mol. The molecule has 3 N–H and O–H groups in total. The molecule has 0 saturated carbocycles. The number of nitrogens with one attached hydrogen (secondary N) is 3. The number of anilines is 3. The summed E-state index contributed by atoms with van der Waals surface area (Å²) < 4.78 is 5.46. The molecule has 1 unspecified atom stereocenters. The molecule has 0 spiro atoms. The molecule has 1 aliphatic rings. The van der Waals surface area contributed by atoms with Crippen molar-refractivity contribution in [1.29, 1.82) is 0 Å². The number of hydrogen-bond donors (Lipinski definition) is 3. The molecule has 0 radical (unpaired) electrons. The quantitative estimate of drug-likeness (QED) is 0.785. The van der Waals surface area contributed by atoms with Gasteiger partial charge < -0.3 is 20.7 Å². The van der Waals surface area contributed by atoms with Crippen molar-refractivity contribution in [2.24, 2.45) is 0 Å². The van der Waals surface area contributed by atoms with Crippen molar-refractivity contribution in [3.05, 3.63) is 47.5 Å². The fraction of sp³-hybridized carbons (Fsp3) is 0.125. The van der Waals surface area contributed by atoms with Crippen LogP contribution in [0, 0.1) is 0 Å². The van der Waals surface area contributed by atoms with Crippen molar-refractivity contribution in [3.63, 3.8) is 0 Å². The van der Waals surface area contributed by atoms with Crippen LogP contribution < -0.4 is 20.7 Å². The average molecular weight is 332 g/mol. The second-order valence-corrected chi connectivity index (χ2v) is 5.48. The molecule has 0 saturated heterocycles. The first-order chi connectivity index (χ1) is 11.0. The summed E-state index contributed by atoms with van der Waals surface area (Å²) in [5.41, 5.74) is 1.68. The molecule has 0 aromatic heterocycles. The number of benzene rings is 2. The van der Waals surface area contributed by atoms with E-state index in [-0.39, 0.29) is 5.91 Å². The number of ether oxygens (including phenoxy) is 1. The highest BCUT2D eigenvalue weighted by molar-refractivity contribution is 6.30. The van der Waals surface area contributed by atoms with Gasteiger partial charge in [0.05, 0.1) is 5.69 Å². The van der Waals surface area contributed by atoms with E-state index in [1.54, 1.807) is 49.4 Å². The normalized spacial score (nSPS) is 15.9. The van der Waals surface area contributed by atoms with Crippen LogP contribution in [-0.2, 0) is 4.79 Å². The van der Waals surface area contributed by atoms with Gasteiger partial charge in [0.2, 0.25) is 0 Å². The predicted molar refractivity (Wildman–Crippen MR) is 89.3 cm³/mol. The number of fused-ring (bicyclic) bond motifs is 1. The Morgan fingerprint density at radius 2 is 1.78 bits per heavy atom. The molecule has 6 nitrogen and oxygen atoms in total. The van der Waals surface area contributed by atoms with E-state index in [0.29, 0.717) is 27.8 Å². The predicted octanol–water partition coefficient (Wildman–Crippen LogP) is 3.70. The van der Waals surface area contributed by atoms with E-state index in [1.165, 1.54) is 0 Å². The maximum atomic E-state index is 12.0. The van der Waals surface area contributed by atoms with E-state index in [1.807, 2.05) is 0 Å². The summed E-state index contributed by atoms with van der Waals surface area (Å²) >= 11 is 5.79. The number of urea groups is 1. The molecule has 0 bridgehead atoms. The van der Waals surface area contributed by atoms with Crippen molar-refractivity contribution >= 4 is 40.6 Å². The minimum absolute atomic E-state index is 0.222. The highest BCUT2D eigenvalue weighted by atomic mass is 35.5. The van der Waals surface area contributed by atoms with Crippen molar-refractivity contribution in [1.82, 2.24) is 0 Å². The van der Waals surface area contributed by atoms with Gasteiger partial charge >= 0.3 is 6.03 Å². The molecule has 118 valence electrons. The zero-order valence-corrected chi connectivity index (χ0v) is 13.0. The van der Waals surface area contributed by atoms with Gasteiger partial charge in [-0.15, -0.1) is 0 Å². The lowest BCUT2D eigenvalue weighted by Crippen LogP contribution is -2.34. The van der Waals surface area contributed by atoms with Gasteiger partial charge in [0.25, 0.3) is 5.91 Å². The Labute approximate surface area is 137 Å². The number of carbonyl (C=O) groups is 2. The maximum Gasteiger partial charge on any atom is 0.323 e. The first-order valence-corrected chi connectivity index (χ1v) is 7.34. The monoisotopic (exact) mass is 331 g/mol. The highest BCUT2D eigenvalue weighted by Crippen LogP contribution is 2.32. The Hall–Kier alpha value is -2.73. The van der Waals surface area contributed by atoms with E-state index >= 15 is 0 Å². The smallest absolute Gasteiger partial charge is 0.323 e. The van der Waals surface area contributed by atoms with Crippen molar-refractivity contribution in [3.8, 4) is 5.75 Å². The van der Waals surface area contributed by atoms with Gasteiger partial charge in [-0.1, -0.05) is 11.6 Å². The summed E-state index contributed by atoms with van der Waals surface area (Å²) in [5, 5.41) is 8.70. The molecule has 23 heavy (non-hydrogen) atoms. The Morgan fingerprint density at radius 1 is 1.13 bits per heavy atom. The fourth-order valence-corrected chi connectivity index (χ4v) is 2.24. The van der Waals surface area contributed by atoms with Gasteiger partial charge in [-0.05, 0) is 49.4 Å². The third-order valence-corrected chi connectivity index (χ3v) is 3.52. The molecule has 2 aromatic carbocycles. The summed E-state index contributed by atoms with van der Waals surface area (Å²) in [5.74, 6) is 0.348. The fourth-order valence-electron chi connectivity index (χ4n) is 2.11. The number of carbonyl (C=O) groups excluding carboxylic acids is 2. The molecule has 1 heterocycles. The molecule has 2 aromatic rings. The minimum Gasteiger partial charge on any atom is -0.479 e. The standard InChI is InChI=1S/C16H14ClN3O3/c1-9-15(21)20-13-8-12(6-7-14(13)23-9)19-16(22)18-11-4-2-10(17)3-5-11/h2-9H,1H3,(H,20,21)(H2,18,19,22). The van der Waals surface area contributed by atoms with Crippen LogP contribution >= 0.6 is 11.6 Å². The lowest BCUT2D eigenvalue weighted by Gasteiger charge is -2.23. The van der Waals surface area contributed by atoms with E-state index < -0.39 is 12.1 Å². The molecule has 7 heteroatoms. The molecule has 0 fully saturated rings. The number of rotatable bonds is 2. The minimum atomic E-state index is -0.533. The third kappa shape index (κ3) is 3.54. The van der Waals surface area contributed by atoms with Crippen LogP contribution in [0.1, 0.15) is 6.92 Å². The molecular formula is C16H14ClN3O3. The number of amides is 3. The van der Waals surface area contributed by atoms with Crippen LogP contribution in [0.25, 0.3) is 0 Å². The summed E-state index contributed by atoms with van der Waals surface area (Å²) in [6, 6.07) is 11.4.